The number of hydrogen-bond acceptors (Lipinski definition) is 1. The summed E-state index contributed by atoms with van der Waals surface area (Å²) in [6.45, 7) is 0.783. The maximum Gasteiger partial charge on any atom is 0.223 e. The van der Waals surface area contributed by atoms with E-state index in [1.54, 1.807) is 0 Å². The maximum absolute atomic E-state index is 4.27. The second-order valence-corrected chi connectivity index (χ2v) is 2.46. The Kier molecular flexibility index (Phi) is 1.86. The molecule has 60 valence electrons. The molecule has 0 aliphatic carbocycles. The molecule has 1 aliphatic heterocycles. The Morgan fingerprint density at radius 3 is 2.75 bits per heavy atom. The lowest BCUT2D eigenvalue weighted by Gasteiger charge is -1.94. The number of benzene rings is 1. The Morgan fingerprint density at radius 1 is 1.25 bits per heavy atom. The second-order valence-electron chi connectivity index (χ2n) is 2.46. The highest BCUT2D eigenvalue weighted by Gasteiger charge is 1.99. The first kappa shape index (κ1) is 7.03. The Bertz CT molecular complexity index is 314. The lowest BCUT2D eigenvalue weighted by Crippen LogP contribution is -2.15. The lowest BCUT2D eigenvalue weighted by atomic mass is 10.3. The number of hydrogen-bond donors (Lipinski definition) is 1. The van der Waals surface area contributed by atoms with Crippen LogP contribution >= 0.6 is 0 Å². The fraction of sp³-hybridized carbons (Fsp3) is 0.111. The van der Waals surface area contributed by atoms with E-state index in [0.29, 0.717) is 5.96 Å². The molecule has 0 spiro atoms. The molecule has 1 N–H and O–H groups in total. The van der Waals surface area contributed by atoms with Crippen molar-refractivity contribution in [2.24, 2.45) is 9.98 Å². The van der Waals surface area contributed by atoms with Gasteiger partial charge < -0.3 is 5.32 Å². The molecule has 1 aliphatic rings. The smallest absolute Gasteiger partial charge is 0.223 e. The van der Waals surface area contributed by atoms with Crippen LogP contribution in [0.4, 0.5) is 5.69 Å². The molecule has 0 radical (unpaired) electrons. The minimum absolute atomic E-state index is 0.696. The first-order chi connectivity index (χ1) is 5.95. The number of nitrogens with zero attached hydrogens (tertiary/aromatic N) is 2. The van der Waals surface area contributed by atoms with E-state index in [1.165, 1.54) is 0 Å². The van der Waals surface area contributed by atoms with Gasteiger partial charge in [0, 0.05) is 6.21 Å². The number of guanidine groups is 1. The zero-order chi connectivity index (χ0) is 8.23. The Labute approximate surface area is 70.9 Å². The van der Waals surface area contributed by atoms with Gasteiger partial charge in [-0.15, -0.1) is 0 Å². The molecule has 0 fully saturated rings. The zero-order valence-corrected chi connectivity index (χ0v) is 6.57. The first-order valence-corrected chi connectivity index (χ1v) is 3.85. The molecule has 3 nitrogen and oxygen atoms in total. The average molecular weight is 159 g/mol. The molecular weight excluding hydrogens is 150 g/mol. The molecule has 1 aromatic carbocycles. The SMILES string of the molecule is C1=NC(=Nc2ccccc2)NC1. The van der Waals surface area contributed by atoms with Crippen LogP contribution in [0.15, 0.2) is 40.3 Å². The van der Waals surface area contributed by atoms with Gasteiger partial charge in [-0.1, -0.05) is 18.2 Å². The topological polar surface area (TPSA) is 36.8 Å². The van der Waals surface area contributed by atoms with Crippen LogP contribution in [-0.4, -0.2) is 18.7 Å². The van der Waals surface area contributed by atoms with Gasteiger partial charge in [-0.3, -0.25) is 0 Å². The van der Waals surface area contributed by atoms with Crippen LogP contribution in [0.5, 0.6) is 0 Å². The van der Waals surface area contributed by atoms with Crippen LogP contribution in [-0.2, 0) is 0 Å². The molecule has 0 aromatic heterocycles. The second kappa shape index (κ2) is 3.17. The van der Waals surface area contributed by atoms with Crippen molar-refractivity contribution < 1.29 is 0 Å². The first-order valence-electron chi connectivity index (χ1n) is 3.85. The normalized spacial score (nSPS) is 18.2. The van der Waals surface area contributed by atoms with Gasteiger partial charge in [-0.05, 0) is 12.1 Å². The Hall–Kier alpha value is -1.64. The Balaban J connectivity index is 2.22. The third-order valence-electron chi connectivity index (χ3n) is 1.56. The van der Waals surface area contributed by atoms with Crippen molar-refractivity contribution in [2.75, 3.05) is 6.54 Å². The monoisotopic (exact) mass is 159 g/mol. The summed E-state index contributed by atoms with van der Waals surface area (Å²) >= 11 is 0. The van der Waals surface area contributed by atoms with Gasteiger partial charge in [0.2, 0.25) is 5.96 Å². The predicted octanol–water partition coefficient (Wildman–Crippen LogP) is 1.35. The minimum atomic E-state index is 0.696. The molecular formula is C9H9N3. The molecule has 1 aromatic rings. The summed E-state index contributed by atoms with van der Waals surface area (Å²) in [6.07, 6.45) is 1.81. The van der Waals surface area contributed by atoms with Gasteiger partial charge in [0.05, 0.1) is 12.2 Å². The van der Waals surface area contributed by atoms with Gasteiger partial charge in [0.1, 0.15) is 0 Å². The summed E-state index contributed by atoms with van der Waals surface area (Å²) in [4.78, 5) is 8.31. The molecule has 2 rings (SSSR count). The fourth-order valence-electron chi connectivity index (χ4n) is 1.01. The van der Waals surface area contributed by atoms with Crippen molar-refractivity contribution in [1.82, 2.24) is 5.32 Å². The molecule has 0 atom stereocenters. The summed E-state index contributed by atoms with van der Waals surface area (Å²) in [5.41, 5.74) is 0.930. The largest absolute Gasteiger partial charge is 0.349 e. The molecule has 1 heterocycles. The number of para-hydroxylation sites is 1. The highest BCUT2D eigenvalue weighted by Crippen LogP contribution is 2.09. The van der Waals surface area contributed by atoms with Crippen LogP contribution in [0.3, 0.4) is 0 Å². The van der Waals surface area contributed by atoms with E-state index in [0.717, 1.165) is 12.2 Å². The fourth-order valence-corrected chi connectivity index (χ4v) is 1.01. The molecule has 0 saturated carbocycles. The summed E-state index contributed by atoms with van der Waals surface area (Å²) in [6, 6.07) is 9.77. The van der Waals surface area contributed by atoms with Gasteiger partial charge in [0.25, 0.3) is 0 Å². The van der Waals surface area contributed by atoms with Crippen molar-refractivity contribution in [3.63, 3.8) is 0 Å². The molecule has 0 bridgehead atoms. The number of aliphatic imine (C=N–C) groups is 2. The highest BCUT2D eigenvalue weighted by molar-refractivity contribution is 5.95. The molecule has 0 amide bonds. The average Bonchev–Trinajstić information content (AvgIpc) is 2.59. The highest BCUT2D eigenvalue weighted by atomic mass is 15.2. The van der Waals surface area contributed by atoms with Crippen LogP contribution in [0, 0.1) is 0 Å². The van der Waals surface area contributed by atoms with Crippen molar-refractivity contribution >= 4 is 17.9 Å². The van der Waals surface area contributed by atoms with E-state index in [2.05, 4.69) is 15.3 Å². The summed E-state index contributed by atoms with van der Waals surface area (Å²) in [7, 11) is 0. The van der Waals surface area contributed by atoms with E-state index >= 15 is 0 Å². The number of nitrogens with one attached hydrogen (secondary N) is 1. The van der Waals surface area contributed by atoms with Crippen molar-refractivity contribution in [3.8, 4) is 0 Å². The summed E-state index contributed by atoms with van der Waals surface area (Å²) in [5.74, 6) is 0.696. The molecule has 12 heavy (non-hydrogen) atoms. The maximum atomic E-state index is 4.27. The molecule has 3 heteroatoms. The quantitative estimate of drug-likeness (QED) is 0.659. The minimum Gasteiger partial charge on any atom is -0.349 e. The molecule has 0 unspecified atom stereocenters. The Morgan fingerprint density at radius 2 is 2.08 bits per heavy atom. The number of rotatable bonds is 1. The third-order valence-corrected chi connectivity index (χ3v) is 1.56. The zero-order valence-electron chi connectivity index (χ0n) is 6.57. The van der Waals surface area contributed by atoms with E-state index < -0.39 is 0 Å². The van der Waals surface area contributed by atoms with Gasteiger partial charge in [-0.25, -0.2) is 9.98 Å². The van der Waals surface area contributed by atoms with Crippen LogP contribution in [0.25, 0.3) is 0 Å². The van der Waals surface area contributed by atoms with Gasteiger partial charge in [-0.2, -0.15) is 0 Å². The third kappa shape index (κ3) is 1.50. The van der Waals surface area contributed by atoms with Crippen LogP contribution in [0.1, 0.15) is 0 Å². The van der Waals surface area contributed by atoms with Crippen LogP contribution in [0.2, 0.25) is 0 Å². The van der Waals surface area contributed by atoms with Crippen molar-refractivity contribution in [3.05, 3.63) is 30.3 Å². The van der Waals surface area contributed by atoms with Crippen molar-refractivity contribution in [2.45, 2.75) is 0 Å². The van der Waals surface area contributed by atoms with Gasteiger partial charge >= 0.3 is 0 Å². The predicted molar refractivity (Wildman–Crippen MR) is 50.0 cm³/mol. The van der Waals surface area contributed by atoms with Crippen molar-refractivity contribution in [1.29, 1.82) is 0 Å². The van der Waals surface area contributed by atoms with Gasteiger partial charge in [0.15, 0.2) is 0 Å². The van der Waals surface area contributed by atoms with E-state index in [1.807, 2.05) is 36.5 Å². The van der Waals surface area contributed by atoms with E-state index in [9.17, 15) is 0 Å². The summed E-state index contributed by atoms with van der Waals surface area (Å²) in [5, 5.41) is 3.03. The van der Waals surface area contributed by atoms with Crippen LogP contribution < -0.4 is 5.32 Å². The lowest BCUT2D eigenvalue weighted by molar-refractivity contribution is 1.11. The molecule has 0 saturated heterocycles. The standard InChI is InChI=1S/C9H9N3/c1-2-4-8(5-3-1)12-9-10-6-7-11-9/h1-6H,7H2,(H,11,12). The van der Waals surface area contributed by atoms with E-state index in [-0.39, 0.29) is 0 Å². The summed E-state index contributed by atoms with van der Waals surface area (Å²) < 4.78 is 0. The van der Waals surface area contributed by atoms with E-state index in [4.69, 9.17) is 0 Å².